The molecule has 0 aromatic rings. The normalized spacial score (nSPS) is 27.2. The summed E-state index contributed by atoms with van der Waals surface area (Å²) in [6.07, 6.45) is 3.50. The Morgan fingerprint density at radius 1 is 1.69 bits per heavy atom. The van der Waals surface area contributed by atoms with Crippen LogP contribution in [0.15, 0.2) is 0 Å². The summed E-state index contributed by atoms with van der Waals surface area (Å²) in [7, 11) is 0. The number of primary amides is 1. The molecule has 2 rings (SSSR count). The van der Waals surface area contributed by atoms with E-state index in [1.807, 2.05) is 0 Å². The van der Waals surface area contributed by atoms with Gasteiger partial charge in [-0.2, -0.15) is 0 Å². The molecule has 2 atom stereocenters. The molecule has 6 nitrogen and oxygen atoms in total. The van der Waals surface area contributed by atoms with E-state index in [0.717, 1.165) is 19.3 Å². The van der Waals surface area contributed by atoms with Gasteiger partial charge in [0, 0.05) is 11.5 Å². The molecule has 6 heteroatoms. The zero-order chi connectivity index (χ0) is 11.8. The van der Waals surface area contributed by atoms with Gasteiger partial charge in [-0.3, -0.25) is 14.4 Å². The highest BCUT2D eigenvalue weighted by Gasteiger charge is 2.52. The average molecular weight is 225 g/mol. The van der Waals surface area contributed by atoms with Gasteiger partial charge in [0.1, 0.15) is 6.04 Å². The SMILES string of the molecule is NC(=O)[C@H](C[C@@H]1CC2(CC2)NC1=O)NC=O. The van der Waals surface area contributed by atoms with E-state index < -0.39 is 11.9 Å². The molecule has 1 aliphatic heterocycles. The van der Waals surface area contributed by atoms with E-state index in [4.69, 9.17) is 5.73 Å². The van der Waals surface area contributed by atoms with E-state index in [1.54, 1.807) is 0 Å². The van der Waals surface area contributed by atoms with Crippen molar-refractivity contribution in [2.45, 2.75) is 37.3 Å². The van der Waals surface area contributed by atoms with Gasteiger partial charge in [0.25, 0.3) is 0 Å². The van der Waals surface area contributed by atoms with Crippen molar-refractivity contribution in [1.29, 1.82) is 0 Å². The van der Waals surface area contributed by atoms with Crippen LogP contribution in [0.5, 0.6) is 0 Å². The lowest BCUT2D eigenvalue weighted by molar-refractivity contribution is -0.125. The minimum Gasteiger partial charge on any atom is -0.368 e. The summed E-state index contributed by atoms with van der Waals surface area (Å²) in [6, 6.07) is -0.748. The van der Waals surface area contributed by atoms with Crippen LogP contribution in [0.25, 0.3) is 0 Å². The monoisotopic (exact) mass is 225 g/mol. The molecule has 1 heterocycles. The molecule has 2 aliphatic rings. The predicted molar refractivity (Wildman–Crippen MR) is 55.0 cm³/mol. The molecule has 88 valence electrons. The number of hydrogen-bond acceptors (Lipinski definition) is 3. The highest BCUT2D eigenvalue weighted by molar-refractivity contribution is 5.86. The van der Waals surface area contributed by atoms with Gasteiger partial charge >= 0.3 is 0 Å². The zero-order valence-electron chi connectivity index (χ0n) is 8.86. The number of rotatable bonds is 5. The fourth-order valence-corrected chi connectivity index (χ4v) is 2.28. The molecule has 0 bridgehead atoms. The quantitative estimate of drug-likeness (QED) is 0.504. The van der Waals surface area contributed by atoms with E-state index in [0.29, 0.717) is 12.8 Å². The van der Waals surface area contributed by atoms with Crippen molar-refractivity contribution in [1.82, 2.24) is 10.6 Å². The van der Waals surface area contributed by atoms with Crippen molar-refractivity contribution in [3.63, 3.8) is 0 Å². The van der Waals surface area contributed by atoms with E-state index in [-0.39, 0.29) is 17.4 Å². The van der Waals surface area contributed by atoms with Crippen molar-refractivity contribution in [3.8, 4) is 0 Å². The lowest BCUT2D eigenvalue weighted by Crippen LogP contribution is -2.42. The number of amides is 3. The van der Waals surface area contributed by atoms with Gasteiger partial charge in [-0.1, -0.05) is 0 Å². The first kappa shape index (κ1) is 10.9. The molecule has 1 aliphatic carbocycles. The minimum atomic E-state index is -0.748. The van der Waals surface area contributed by atoms with Crippen LogP contribution in [0.4, 0.5) is 0 Å². The highest BCUT2D eigenvalue weighted by Crippen LogP contribution is 2.46. The van der Waals surface area contributed by atoms with E-state index in [2.05, 4.69) is 10.6 Å². The van der Waals surface area contributed by atoms with Crippen LogP contribution in [0.1, 0.15) is 25.7 Å². The van der Waals surface area contributed by atoms with Crippen LogP contribution < -0.4 is 16.4 Å². The number of hydrogen-bond donors (Lipinski definition) is 3. The van der Waals surface area contributed by atoms with Crippen molar-refractivity contribution in [3.05, 3.63) is 0 Å². The smallest absolute Gasteiger partial charge is 0.240 e. The van der Waals surface area contributed by atoms with Gasteiger partial charge in [-0.05, 0) is 25.7 Å². The lowest BCUT2D eigenvalue weighted by atomic mass is 9.95. The molecular formula is C10H15N3O3. The van der Waals surface area contributed by atoms with Gasteiger partial charge in [0.2, 0.25) is 18.2 Å². The third-order valence-corrected chi connectivity index (χ3v) is 3.38. The van der Waals surface area contributed by atoms with Gasteiger partial charge in [0.05, 0.1) is 0 Å². The molecule has 3 amide bonds. The molecule has 1 spiro atoms. The second-order valence-corrected chi connectivity index (χ2v) is 4.65. The van der Waals surface area contributed by atoms with Crippen molar-refractivity contribution >= 4 is 18.2 Å². The highest BCUT2D eigenvalue weighted by atomic mass is 16.2. The van der Waals surface area contributed by atoms with Gasteiger partial charge in [0.15, 0.2) is 0 Å². The van der Waals surface area contributed by atoms with E-state index in [1.165, 1.54) is 0 Å². The minimum absolute atomic E-state index is 0.00880. The van der Waals surface area contributed by atoms with Gasteiger partial charge in [-0.25, -0.2) is 0 Å². The van der Waals surface area contributed by atoms with Gasteiger partial charge < -0.3 is 16.4 Å². The maximum Gasteiger partial charge on any atom is 0.240 e. The van der Waals surface area contributed by atoms with Crippen molar-refractivity contribution in [2.75, 3.05) is 0 Å². The fourth-order valence-electron chi connectivity index (χ4n) is 2.28. The second-order valence-electron chi connectivity index (χ2n) is 4.65. The topological polar surface area (TPSA) is 101 Å². The Hall–Kier alpha value is -1.59. The molecule has 1 saturated carbocycles. The summed E-state index contributed by atoms with van der Waals surface area (Å²) in [4.78, 5) is 32.9. The molecule has 0 aromatic heterocycles. The standard InChI is InChI=1S/C10H15N3O3/c11-8(15)7(12-5-14)3-6-4-10(1-2-10)13-9(6)16/h5-7H,1-4H2,(H2,11,15)(H,12,14)(H,13,16)/t6-,7+/m1/s1. The summed E-state index contributed by atoms with van der Waals surface area (Å²) in [5.41, 5.74) is 5.13. The Balaban J connectivity index is 1.95. The molecule has 0 aromatic carbocycles. The molecule has 0 radical (unpaired) electrons. The van der Waals surface area contributed by atoms with E-state index >= 15 is 0 Å². The molecule has 1 saturated heterocycles. The largest absolute Gasteiger partial charge is 0.368 e. The lowest BCUT2D eigenvalue weighted by Gasteiger charge is -2.15. The van der Waals surface area contributed by atoms with Gasteiger partial charge in [-0.15, -0.1) is 0 Å². The third-order valence-electron chi connectivity index (χ3n) is 3.38. The summed E-state index contributed by atoms with van der Waals surface area (Å²) in [5, 5.41) is 5.28. The number of carbonyl (C=O) groups is 3. The summed E-state index contributed by atoms with van der Waals surface area (Å²) >= 11 is 0. The first-order chi connectivity index (χ1) is 7.56. The summed E-state index contributed by atoms with van der Waals surface area (Å²) in [5.74, 6) is -0.847. The first-order valence-corrected chi connectivity index (χ1v) is 5.37. The maximum atomic E-state index is 11.6. The summed E-state index contributed by atoms with van der Waals surface area (Å²) < 4.78 is 0. The fraction of sp³-hybridized carbons (Fsp3) is 0.700. The first-order valence-electron chi connectivity index (χ1n) is 5.37. The second kappa shape index (κ2) is 3.77. The maximum absolute atomic E-state index is 11.6. The van der Waals surface area contributed by atoms with Crippen molar-refractivity contribution < 1.29 is 14.4 Å². The predicted octanol–water partition coefficient (Wildman–Crippen LogP) is -1.35. The third kappa shape index (κ3) is 2.00. The van der Waals surface area contributed by atoms with Crippen LogP contribution in [0.3, 0.4) is 0 Å². The molecular weight excluding hydrogens is 210 g/mol. The van der Waals surface area contributed by atoms with Crippen LogP contribution in [-0.2, 0) is 14.4 Å². The Labute approximate surface area is 92.9 Å². The number of nitrogens with one attached hydrogen (secondary N) is 2. The zero-order valence-corrected chi connectivity index (χ0v) is 8.86. The van der Waals surface area contributed by atoms with Crippen LogP contribution in [0, 0.1) is 5.92 Å². The Kier molecular flexibility index (Phi) is 2.57. The summed E-state index contributed by atoms with van der Waals surface area (Å²) in [6.45, 7) is 0. The Bertz CT molecular complexity index is 338. The van der Waals surface area contributed by atoms with Crippen molar-refractivity contribution in [2.24, 2.45) is 11.7 Å². The van der Waals surface area contributed by atoms with Crippen LogP contribution in [0.2, 0.25) is 0 Å². The number of carbonyl (C=O) groups excluding carboxylic acids is 3. The average Bonchev–Trinajstić information content (AvgIpc) is 2.87. The molecule has 16 heavy (non-hydrogen) atoms. The van der Waals surface area contributed by atoms with Crippen LogP contribution in [-0.4, -0.2) is 29.8 Å². The molecule has 2 fully saturated rings. The Morgan fingerprint density at radius 2 is 2.38 bits per heavy atom. The number of nitrogens with two attached hydrogens (primary N) is 1. The van der Waals surface area contributed by atoms with Crippen LogP contribution >= 0.6 is 0 Å². The molecule has 0 unspecified atom stereocenters. The van der Waals surface area contributed by atoms with E-state index in [9.17, 15) is 14.4 Å². The Morgan fingerprint density at radius 3 is 2.81 bits per heavy atom. The molecule has 4 N–H and O–H groups in total.